The van der Waals surface area contributed by atoms with Crippen molar-refractivity contribution in [1.29, 1.82) is 0 Å². The van der Waals surface area contributed by atoms with Gasteiger partial charge in [0.25, 0.3) is 0 Å². The topological polar surface area (TPSA) is 107 Å². The Hall–Kier alpha value is -4.27. The second kappa shape index (κ2) is 7.52. The van der Waals surface area contributed by atoms with E-state index in [1.807, 2.05) is 43.6 Å². The van der Waals surface area contributed by atoms with Gasteiger partial charge in [0.15, 0.2) is 0 Å². The first-order valence-corrected chi connectivity index (χ1v) is 9.64. The molecule has 0 spiro atoms. The van der Waals surface area contributed by atoms with Crippen LogP contribution in [0.25, 0.3) is 28.4 Å². The molecule has 0 saturated carbocycles. The average Bonchev–Trinajstić information content (AvgIpc) is 3.17. The first kappa shape index (κ1) is 18.7. The van der Waals surface area contributed by atoms with Gasteiger partial charge in [-0.05, 0) is 42.1 Å². The third-order valence-electron chi connectivity index (χ3n) is 5.04. The van der Waals surface area contributed by atoms with Crippen LogP contribution in [0.15, 0.2) is 49.1 Å². The number of carbonyl (C=O) groups excluding carboxylic acids is 1. The number of aldehydes is 1. The Labute approximate surface area is 177 Å². The van der Waals surface area contributed by atoms with Crippen LogP contribution in [0.5, 0.6) is 5.88 Å². The van der Waals surface area contributed by atoms with Gasteiger partial charge in [0.2, 0.25) is 5.88 Å². The van der Waals surface area contributed by atoms with Crippen LogP contribution < -0.4 is 15.4 Å². The highest BCUT2D eigenvalue weighted by molar-refractivity contribution is 5.84. The van der Waals surface area contributed by atoms with Crippen LogP contribution in [-0.4, -0.2) is 38.1 Å². The van der Waals surface area contributed by atoms with Gasteiger partial charge in [0.1, 0.15) is 23.8 Å². The Morgan fingerprint density at radius 2 is 2.10 bits per heavy atom. The predicted octanol–water partition coefficient (Wildman–Crippen LogP) is 2.99. The molecule has 0 saturated heterocycles. The van der Waals surface area contributed by atoms with E-state index < -0.39 is 6.04 Å². The van der Waals surface area contributed by atoms with Crippen molar-refractivity contribution in [3.05, 3.63) is 60.2 Å². The van der Waals surface area contributed by atoms with Gasteiger partial charge in [-0.1, -0.05) is 0 Å². The molecule has 1 aliphatic rings. The van der Waals surface area contributed by atoms with Crippen LogP contribution in [0.4, 0.5) is 11.5 Å². The van der Waals surface area contributed by atoms with Crippen LogP contribution in [0.1, 0.15) is 17.2 Å². The van der Waals surface area contributed by atoms with Crippen LogP contribution in [0, 0.1) is 0 Å². The van der Waals surface area contributed by atoms with Gasteiger partial charge in [-0.15, -0.1) is 0 Å². The van der Waals surface area contributed by atoms with E-state index in [-0.39, 0.29) is 0 Å². The van der Waals surface area contributed by atoms with Crippen molar-refractivity contribution in [2.75, 3.05) is 12.4 Å². The van der Waals surface area contributed by atoms with Crippen molar-refractivity contribution < 1.29 is 9.53 Å². The molecule has 0 amide bonds. The number of nitrogens with zero attached hydrogens (tertiary/aromatic N) is 5. The Bertz CT molecular complexity index is 1330. The van der Waals surface area contributed by atoms with E-state index in [0.717, 1.165) is 34.0 Å². The molecule has 9 heteroatoms. The zero-order valence-electron chi connectivity index (χ0n) is 16.9. The molecular weight excluding hydrogens is 394 g/mol. The monoisotopic (exact) mass is 413 g/mol. The van der Waals surface area contributed by atoms with E-state index in [1.165, 1.54) is 13.3 Å². The number of carbonyl (C=O) groups is 1. The summed E-state index contributed by atoms with van der Waals surface area (Å²) in [7, 11) is 3.42. The summed E-state index contributed by atoms with van der Waals surface area (Å²) in [4.78, 5) is 25.1. The summed E-state index contributed by atoms with van der Waals surface area (Å²) in [5.41, 5.74) is 4.49. The minimum absolute atomic E-state index is 0.398. The fourth-order valence-corrected chi connectivity index (χ4v) is 3.62. The summed E-state index contributed by atoms with van der Waals surface area (Å²) in [6, 6.07) is 7.27. The van der Waals surface area contributed by atoms with Gasteiger partial charge in [-0.2, -0.15) is 5.10 Å². The van der Waals surface area contributed by atoms with E-state index in [9.17, 15) is 4.79 Å². The molecule has 0 aliphatic carbocycles. The molecule has 3 aromatic heterocycles. The van der Waals surface area contributed by atoms with Gasteiger partial charge < -0.3 is 20.2 Å². The van der Waals surface area contributed by atoms with Crippen molar-refractivity contribution in [2.24, 2.45) is 7.05 Å². The summed E-state index contributed by atoms with van der Waals surface area (Å²) in [5.74, 6) is 0.955. The normalized spacial score (nSPS) is 14.7. The molecule has 1 aromatic carbocycles. The highest BCUT2D eigenvalue weighted by atomic mass is 16.5. The van der Waals surface area contributed by atoms with Crippen LogP contribution in [-0.2, 0) is 11.8 Å². The second-order valence-electron chi connectivity index (χ2n) is 7.12. The maximum Gasteiger partial charge on any atom is 0.232 e. The zero-order valence-corrected chi connectivity index (χ0v) is 16.9. The predicted molar refractivity (Wildman–Crippen MR) is 117 cm³/mol. The number of fused-ring (bicyclic) bond motifs is 2. The van der Waals surface area contributed by atoms with Crippen molar-refractivity contribution >= 4 is 34.8 Å². The maximum atomic E-state index is 11.7. The smallest absolute Gasteiger partial charge is 0.232 e. The van der Waals surface area contributed by atoms with E-state index >= 15 is 0 Å². The Morgan fingerprint density at radius 3 is 2.94 bits per heavy atom. The number of anilines is 2. The van der Waals surface area contributed by atoms with Gasteiger partial charge in [-0.25, -0.2) is 9.97 Å². The molecule has 9 nitrogen and oxygen atoms in total. The number of methoxy groups -OCH3 is 1. The number of aromatic nitrogens is 5. The zero-order chi connectivity index (χ0) is 21.4. The van der Waals surface area contributed by atoms with Gasteiger partial charge in [0, 0.05) is 29.9 Å². The Balaban J connectivity index is 1.64. The standard InChI is InChI=1S/C22H19N7O2/c1-29-11-14-3-4-15(8-16(14)28-29)25-22-21-13(5-6-24-19(21)12-30)7-17(27-22)18-9-23-10-20(26-18)31-2/h3-12,19,24H,1-2H3,(H,25,27). The molecule has 0 radical (unpaired) electrons. The number of pyridine rings is 1. The number of ether oxygens (including phenoxy) is 1. The highest BCUT2D eigenvalue weighted by Crippen LogP contribution is 2.34. The third kappa shape index (κ3) is 3.46. The fourth-order valence-electron chi connectivity index (χ4n) is 3.62. The molecule has 5 rings (SSSR count). The number of hydrogen-bond donors (Lipinski definition) is 2. The van der Waals surface area contributed by atoms with Crippen molar-refractivity contribution in [3.8, 4) is 17.3 Å². The molecule has 4 heterocycles. The number of nitrogens with one attached hydrogen (secondary N) is 2. The molecule has 0 bridgehead atoms. The Kier molecular flexibility index (Phi) is 4.55. The van der Waals surface area contributed by atoms with Gasteiger partial charge in [0.05, 0.1) is 30.7 Å². The first-order chi connectivity index (χ1) is 15.1. The molecule has 1 atom stereocenters. The quantitative estimate of drug-likeness (QED) is 0.481. The SMILES string of the molecule is COc1cncc(-c2cc3c(c(Nc4ccc5cn(C)nc5c4)n2)C(C=O)NC=C3)n1. The molecular formula is C22H19N7O2. The molecule has 154 valence electrons. The average molecular weight is 413 g/mol. The summed E-state index contributed by atoms with van der Waals surface area (Å²) in [5, 5.41) is 11.9. The molecule has 2 N–H and O–H groups in total. The van der Waals surface area contributed by atoms with E-state index in [1.54, 1.807) is 17.1 Å². The van der Waals surface area contributed by atoms with Crippen molar-refractivity contribution in [2.45, 2.75) is 6.04 Å². The third-order valence-corrected chi connectivity index (χ3v) is 5.04. The first-order valence-electron chi connectivity index (χ1n) is 9.64. The van der Waals surface area contributed by atoms with Crippen molar-refractivity contribution in [3.63, 3.8) is 0 Å². The largest absolute Gasteiger partial charge is 0.480 e. The van der Waals surface area contributed by atoms with Crippen LogP contribution >= 0.6 is 0 Å². The van der Waals surface area contributed by atoms with Crippen LogP contribution in [0.3, 0.4) is 0 Å². The van der Waals surface area contributed by atoms with E-state index in [2.05, 4.69) is 25.7 Å². The lowest BCUT2D eigenvalue weighted by molar-refractivity contribution is -0.109. The lowest BCUT2D eigenvalue weighted by atomic mass is 9.98. The summed E-state index contributed by atoms with van der Waals surface area (Å²) in [6.07, 6.45) is 9.65. The summed E-state index contributed by atoms with van der Waals surface area (Å²) < 4.78 is 6.97. The molecule has 0 fully saturated rings. The van der Waals surface area contributed by atoms with Crippen molar-refractivity contribution in [1.82, 2.24) is 30.0 Å². The minimum atomic E-state index is -0.515. The molecule has 31 heavy (non-hydrogen) atoms. The van der Waals surface area contributed by atoms with Crippen LogP contribution in [0.2, 0.25) is 0 Å². The fraction of sp³-hybridized carbons (Fsp3) is 0.136. The maximum absolute atomic E-state index is 11.7. The lowest BCUT2D eigenvalue weighted by Crippen LogP contribution is -2.22. The number of benzene rings is 1. The van der Waals surface area contributed by atoms with E-state index in [0.29, 0.717) is 23.1 Å². The summed E-state index contributed by atoms with van der Waals surface area (Å²) >= 11 is 0. The molecule has 1 aliphatic heterocycles. The molecule has 4 aromatic rings. The number of rotatable bonds is 5. The summed E-state index contributed by atoms with van der Waals surface area (Å²) in [6.45, 7) is 0. The lowest BCUT2D eigenvalue weighted by Gasteiger charge is -2.23. The van der Waals surface area contributed by atoms with Gasteiger partial charge >= 0.3 is 0 Å². The number of aryl methyl sites for hydroxylation is 1. The van der Waals surface area contributed by atoms with Gasteiger partial charge in [-0.3, -0.25) is 9.67 Å². The highest BCUT2D eigenvalue weighted by Gasteiger charge is 2.23. The Morgan fingerprint density at radius 1 is 1.19 bits per heavy atom. The van der Waals surface area contributed by atoms with E-state index in [4.69, 9.17) is 9.72 Å². The second-order valence-corrected chi connectivity index (χ2v) is 7.12. The minimum Gasteiger partial charge on any atom is -0.480 e. The molecule has 1 unspecified atom stereocenters. The number of hydrogen-bond acceptors (Lipinski definition) is 8.